The molecule has 1 fully saturated rings. The van der Waals surface area contributed by atoms with Crippen molar-refractivity contribution in [2.45, 2.75) is 122 Å². The molecule has 0 bridgehead atoms. The first kappa shape index (κ1) is 32.6. The lowest BCUT2D eigenvalue weighted by Crippen LogP contribution is -2.51. The van der Waals surface area contributed by atoms with E-state index in [1.807, 2.05) is 30.3 Å². The second-order valence-corrected chi connectivity index (χ2v) is 10.8. The van der Waals surface area contributed by atoms with Gasteiger partial charge in [0.25, 0.3) is 0 Å². The first-order valence-electron chi connectivity index (χ1n) is 15.3. The zero-order valence-corrected chi connectivity index (χ0v) is 24.1. The van der Waals surface area contributed by atoms with Gasteiger partial charge in [0.1, 0.15) is 12.6 Å². The molecule has 3 amide bonds. The number of nitrogens with one attached hydrogen (secondary N) is 2. The average Bonchev–Trinajstić information content (AvgIpc) is 3.45. The largest absolute Gasteiger partial charge is 0.445 e. The molecule has 2 atom stereocenters. The Labute approximate surface area is 235 Å². The van der Waals surface area contributed by atoms with Crippen LogP contribution in [0.15, 0.2) is 30.3 Å². The van der Waals surface area contributed by atoms with Crippen LogP contribution in [-0.2, 0) is 20.9 Å². The molecule has 2 rings (SSSR count). The summed E-state index contributed by atoms with van der Waals surface area (Å²) in [6.07, 6.45) is 15.6. The summed E-state index contributed by atoms with van der Waals surface area (Å²) in [6, 6.07) is 8.47. The number of alkyl carbamates (subject to hydrolysis) is 1. The highest BCUT2D eigenvalue weighted by molar-refractivity contribution is 5.90. The number of nitrogens with two attached hydrogens (primary N) is 1. The van der Waals surface area contributed by atoms with E-state index in [0.29, 0.717) is 45.3 Å². The molecule has 0 spiro atoms. The fraction of sp³-hybridized carbons (Fsp3) is 0.710. The van der Waals surface area contributed by atoms with Crippen LogP contribution in [0, 0.1) is 0 Å². The molecule has 1 aromatic rings. The molecule has 8 nitrogen and oxygen atoms in total. The lowest BCUT2D eigenvalue weighted by molar-refractivity contribution is -0.139. The Kier molecular flexibility index (Phi) is 17.0. The van der Waals surface area contributed by atoms with Gasteiger partial charge in [0.05, 0.1) is 6.04 Å². The maximum atomic E-state index is 12.9. The molecule has 220 valence electrons. The van der Waals surface area contributed by atoms with Gasteiger partial charge >= 0.3 is 6.09 Å². The minimum Gasteiger partial charge on any atom is -0.445 e. The van der Waals surface area contributed by atoms with Crippen molar-refractivity contribution in [1.82, 2.24) is 15.5 Å². The highest BCUT2D eigenvalue weighted by Crippen LogP contribution is 2.19. The van der Waals surface area contributed by atoms with Gasteiger partial charge in [-0.05, 0) is 44.1 Å². The third-order valence-electron chi connectivity index (χ3n) is 7.41. The Morgan fingerprint density at radius 2 is 1.51 bits per heavy atom. The predicted octanol–water partition coefficient (Wildman–Crippen LogP) is 5.44. The van der Waals surface area contributed by atoms with E-state index < -0.39 is 18.2 Å². The van der Waals surface area contributed by atoms with Crippen LogP contribution in [0.1, 0.15) is 109 Å². The number of hydrogen-bond acceptors (Lipinski definition) is 5. The normalized spacial score (nSPS) is 15.6. The van der Waals surface area contributed by atoms with E-state index in [2.05, 4.69) is 17.6 Å². The van der Waals surface area contributed by atoms with E-state index in [-0.39, 0.29) is 18.4 Å². The lowest BCUT2D eigenvalue weighted by atomic mass is 10.1. The van der Waals surface area contributed by atoms with Crippen molar-refractivity contribution in [3.05, 3.63) is 35.9 Å². The number of likely N-dealkylation sites (tertiary alicyclic amines) is 1. The summed E-state index contributed by atoms with van der Waals surface area (Å²) in [6.45, 7) is 4.19. The molecule has 0 saturated carbocycles. The topological polar surface area (TPSA) is 114 Å². The number of ether oxygens (including phenoxy) is 1. The average molecular weight is 545 g/mol. The Hall–Kier alpha value is -2.61. The Bertz CT molecular complexity index is 820. The van der Waals surface area contributed by atoms with Crippen LogP contribution in [0.3, 0.4) is 0 Å². The number of unbranched alkanes of at least 4 members (excludes halogenated alkanes) is 10. The zero-order valence-electron chi connectivity index (χ0n) is 24.1. The summed E-state index contributed by atoms with van der Waals surface area (Å²) in [5, 5.41) is 5.77. The third kappa shape index (κ3) is 13.8. The SMILES string of the molecule is CCCCCCCCCCCCNC(=O)[C@@H]1CCCN1C(=O)[C@@H](N)CCCCNC(=O)OCc1ccccc1. The predicted molar refractivity (Wildman–Crippen MR) is 156 cm³/mol. The highest BCUT2D eigenvalue weighted by Gasteiger charge is 2.35. The van der Waals surface area contributed by atoms with Crippen LogP contribution in [0.25, 0.3) is 0 Å². The fourth-order valence-corrected chi connectivity index (χ4v) is 5.04. The summed E-state index contributed by atoms with van der Waals surface area (Å²) in [4.78, 5) is 39.2. The van der Waals surface area contributed by atoms with E-state index in [0.717, 1.165) is 24.8 Å². The van der Waals surface area contributed by atoms with Crippen LogP contribution in [0.2, 0.25) is 0 Å². The van der Waals surface area contributed by atoms with Crippen molar-refractivity contribution < 1.29 is 19.1 Å². The van der Waals surface area contributed by atoms with E-state index in [9.17, 15) is 14.4 Å². The van der Waals surface area contributed by atoms with Crippen molar-refractivity contribution in [2.24, 2.45) is 5.73 Å². The highest BCUT2D eigenvalue weighted by atomic mass is 16.5. The van der Waals surface area contributed by atoms with Crippen LogP contribution in [-0.4, -0.2) is 54.5 Å². The van der Waals surface area contributed by atoms with Gasteiger partial charge < -0.3 is 26.0 Å². The summed E-state index contributed by atoms with van der Waals surface area (Å²) in [7, 11) is 0. The smallest absolute Gasteiger partial charge is 0.407 e. The van der Waals surface area contributed by atoms with Crippen molar-refractivity contribution in [3.8, 4) is 0 Å². The van der Waals surface area contributed by atoms with Gasteiger partial charge in [-0.2, -0.15) is 0 Å². The van der Waals surface area contributed by atoms with E-state index in [4.69, 9.17) is 10.5 Å². The Morgan fingerprint density at radius 1 is 0.897 bits per heavy atom. The first-order chi connectivity index (χ1) is 19.0. The molecular formula is C31H52N4O4. The van der Waals surface area contributed by atoms with Crippen LogP contribution >= 0.6 is 0 Å². The molecule has 0 aromatic heterocycles. The van der Waals surface area contributed by atoms with Gasteiger partial charge in [-0.25, -0.2) is 4.79 Å². The molecule has 0 unspecified atom stereocenters. The molecule has 8 heteroatoms. The number of benzene rings is 1. The minimum atomic E-state index is -0.634. The lowest BCUT2D eigenvalue weighted by Gasteiger charge is -2.26. The molecule has 1 aromatic carbocycles. The van der Waals surface area contributed by atoms with Crippen LogP contribution in [0.4, 0.5) is 4.79 Å². The van der Waals surface area contributed by atoms with Crippen LogP contribution in [0.5, 0.6) is 0 Å². The number of amides is 3. The van der Waals surface area contributed by atoms with E-state index >= 15 is 0 Å². The second-order valence-electron chi connectivity index (χ2n) is 10.8. The molecular weight excluding hydrogens is 492 g/mol. The third-order valence-corrected chi connectivity index (χ3v) is 7.41. The van der Waals surface area contributed by atoms with Crippen molar-refractivity contribution >= 4 is 17.9 Å². The second kappa shape index (κ2) is 20.3. The van der Waals surface area contributed by atoms with E-state index in [1.165, 1.54) is 51.4 Å². The maximum Gasteiger partial charge on any atom is 0.407 e. The van der Waals surface area contributed by atoms with Gasteiger partial charge in [0.15, 0.2) is 0 Å². The summed E-state index contributed by atoms with van der Waals surface area (Å²) in [5.41, 5.74) is 7.13. The first-order valence-corrected chi connectivity index (χ1v) is 15.3. The summed E-state index contributed by atoms with van der Waals surface area (Å²) < 4.78 is 5.19. The minimum absolute atomic E-state index is 0.0535. The molecule has 0 radical (unpaired) electrons. The van der Waals surface area contributed by atoms with Crippen molar-refractivity contribution in [3.63, 3.8) is 0 Å². The van der Waals surface area contributed by atoms with Gasteiger partial charge in [-0.3, -0.25) is 9.59 Å². The zero-order chi connectivity index (χ0) is 28.1. The quantitative estimate of drug-likeness (QED) is 0.189. The molecule has 39 heavy (non-hydrogen) atoms. The standard InChI is InChI=1S/C31H52N4O4/c1-2-3-4-5-6-7-8-9-10-15-22-33-29(36)28-21-17-24-35(28)30(37)27(32)20-14-16-23-34-31(38)39-25-26-18-12-11-13-19-26/h11-13,18-19,27-28H,2-10,14-17,20-25,32H2,1H3,(H,33,36)(H,34,38)/t27-,28-/m0/s1. The summed E-state index contributed by atoms with van der Waals surface area (Å²) >= 11 is 0. The molecule has 1 aliphatic rings. The summed E-state index contributed by atoms with van der Waals surface area (Å²) in [5.74, 6) is -0.205. The fourth-order valence-electron chi connectivity index (χ4n) is 5.04. The molecule has 0 aliphatic carbocycles. The van der Waals surface area contributed by atoms with Crippen LogP contribution < -0.4 is 16.4 Å². The Morgan fingerprint density at radius 3 is 2.21 bits per heavy atom. The molecule has 1 aliphatic heterocycles. The van der Waals surface area contributed by atoms with E-state index in [1.54, 1.807) is 4.90 Å². The van der Waals surface area contributed by atoms with Gasteiger partial charge in [-0.1, -0.05) is 95.0 Å². The molecule has 4 N–H and O–H groups in total. The van der Waals surface area contributed by atoms with Crippen molar-refractivity contribution in [2.75, 3.05) is 19.6 Å². The van der Waals surface area contributed by atoms with Gasteiger partial charge in [0, 0.05) is 19.6 Å². The molecule has 1 heterocycles. The number of hydrogen-bond donors (Lipinski definition) is 3. The Balaban J connectivity index is 1.53. The van der Waals surface area contributed by atoms with Gasteiger partial charge in [0.2, 0.25) is 11.8 Å². The number of nitrogens with zero attached hydrogens (tertiary/aromatic N) is 1. The van der Waals surface area contributed by atoms with Gasteiger partial charge in [-0.15, -0.1) is 0 Å². The number of rotatable bonds is 20. The monoisotopic (exact) mass is 544 g/mol. The maximum absolute atomic E-state index is 12.9. The molecule has 1 saturated heterocycles. The number of carbonyl (C=O) groups excluding carboxylic acids is 3. The number of carbonyl (C=O) groups is 3. The van der Waals surface area contributed by atoms with Crippen molar-refractivity contribution in [1.29, 1.82) is 0 Å².